The number of halogens is 1. The zero-order chi connectivity index (χ0) is 26.7. The van der Waals surface area contributed by atoms with Crippen molar-refractivity contribution in [2.75, 3.05) is 31.6 Å². The van der Waals surface area contributed by atoms with Gasteiger partial charge >= 0.3 is 6.01 Å². The number of benzene rings is 2. The maximum Gasteiger partial charge on any atom is 0.319 e. The minimum absolute atomic E-state index is 0.0655. The minimum atomic E-state index is -0.526. The van der Waals surface area contributed by atoms with Gasteiger partial charge in [-0.25, -0.2) is 4.39 Å². The highest BCUT2D eigenvalue weighted by Crippen LogP contribution is 2.41. The zero-order valence-corrected chi connectivity index (χ0v) is 22.5. The predicted octanol–water partition coefficient (Wildman–Crippen LogP) is 5.79. The Morgan fingerprint density at radius 3 is 2.62 bits per heavy atom. The molecular weight excluding hydrogens is 493 g/mol. The van der Waals surface area contributed by atoms with Gasteiger partial charge in [0.25, 0.3) is 0 Å². The lowest BCUT2D eigenvalue weighted by molar-refractivity contribution is 0.112. The monoisotopic (exact) mass is 527 g/mol. The number of aromatic nitrogens is 3. The average molecular weight is 528 g/mol. The number of anilines is 1. The van der Waals surface area contributed by atoms with Crippen LogP contribution in [0.3, 0.4) is 0 Å². The molecule has 1 aliphatic carbocycles. The van der Waals surface area contributed by atoms with Crippen molar-refractivity contribution in [3.05, 3.63) is 48.4 Å². The van der Waals surface area contributed by atoms with Crippen LogP contribution in [0.2, 0.25) is 0 Å². The molecule has 0 spiro atoms. The number of fused-ring (bicyclic) bond motifs is 4. The van der Waals surface area contributed by atoms with Crippen molar-refractivity contribution in [3.63, 3.8) is 0 Å². The largest absolute Gasteiger partial charge is 0.508 e. The lowest BCUT2D eigenvalue weighted by Gasteiger charge is -2.33. The number of hydrogen-bond acceptors (Lipinski definition) is 7. The molecule has 0 amide bonds. The van der Waals surface area contributed by atoms with Crippen LogP contribution in [-0.2, 0) is 0 Å². The van der Waals surface area contributed by atoms with E-state index in [9.17, 15) is 5.11 Å². The summed E-state index contributed by atoms with van der Waals surface area (Å²) in [6.07, 6.45) is 7.49. The van der Waals surface area contributed by atoms with Crippen molar-refractivity contribution in [3.8, 4) is 23.0 Å². The summed E-state index contributed by atoms with van der Waals surface area (Å²) < 4.78 is 22.8. The third kappa shape index (κ3) is 4.35. The molecule has 2 aromatic carbocycles. The predicted molar refractivity (Wildman–Crippen MR) is 151 cm³/mol. The lowest BCUT2D eigenvalue weighted by Crippen LogP contribution is -2.39. The van der Waals surface area contributed by atoms with Gasteiger partial charge < -0.3 is 14.7 Å². The normalized spacial score (nSPS) is 24.1. The van der Waals surface area contributed by atoms with Crippen molar-refractivity contribution in [2.45, 2.75) is 51.2 Å². The number of pyridine rings is 1. The van der Waals surface area contributed by atoms with E-state index in [4.69, 9.17) is 9.72 Å². The number of hydrogen-bond donors (Lipinski definition) is 1. The standard InChI is InChI=1S/C31H34FN5O2/c1-18(26-8-5-11-36(26)2)39-31-34-29-25(30(35-31)37-16-19-9-10-20(12-19)17-37)15-33-28(27(29)32)24-14-22(38)13-21-6-3-4-7-23(21)24/h3-4,6-7,13-15,18-20,26,38H,5,8-12,16-17H2,1-2H3. The Morgan fingerprint density at radius 2 is 1.85 bits per heavy atom. The molecule has 2 saturated heterocycles. The Morgan fingerprint density at radius 1 is 1.05 bits per heavy atom. The summed E-state index contributed by atoms with van der Waals surface area (Å²) in [7, 11) is 2.12. The fourth-order valence-electron chi connectivity index (χ4n) is 7.15. The summed E-state index contributed by atoms with van der Waals surface area (Å²) in [6, 6.07) is 11.3. The van der Waals surface area contributed by atoms with Gasteiger partial charge in [0.1, 0.15) is 28.9 Å². The van der Waals surface area contributed by atoms with Crippen LogP contribution in [0.15, 0.2) is 42.6 Å². The van der Waals surface area contributed by atoms with E-state index in [0.717, 1.165) is 43.2 Å². The molecule has 4 heterocycles. The van der Waals surface area contributed by atoms with Crippen LogP contribution < -0.4 is 9.64 Å². The molecule has 39 heavy (non-hydrogen) atoms. The van der Waals surface area contributed by atoms with Gasteiger partial charge in [-0.2, -0.15) is 9.97 Å². The van der Waals surface area contributed by atoms with E-state index in [1.807, 2.05) is 31.2 Å². The Kier molecular flexibility index (Phi) is 6.03. The van der Waals surface area contributed by atoms with Crippen LogP contribution in [-0.4, -0.2) is 63.8 Å². The highest BCUT2D eigenvalue weighted by molar-refractivity contribution is 5.99. The molecule has 0 radical (unpaired) electrons. The molecule has 2 aliphatic heterocycles. The van der Waals surface area contributed by atoms with Crippen molar-refractivity contribution in [1.29, 1.82) is 0 Å². The van der Waals surface area contributed by atoms with Crippen LogP contribution in [0.5, 0.6) is 11.8 Å². The molecule has 7 nitrogen and oxygen atoms in total. The second kappa shape index (κ2) is 9.59. The third-order valence-corrected chi connectivity index (χ3v) is 9.06. The van der Waals surface area contributed by atoms with E-state index in [1.54, 1.807) is 18.3 Å². The summed E-state index contributed by atoms with van der Waals surface area (Å²) >= 11 is 0. The lowest BCUT2D eigenvalue weighted by atomic mass is 9.98. The van der Waals surface area contributed by atoms with Gasteiger partial charge in [0.2, 0.25) is 0 Å². The number of likely N-dealkylation sites (tertiary alicyclic amines) is 1. The molecule has 4 atom stereocenters. The quantitative estimate of drug-likeness (QED) is 0.352. The first-order valence-electron chi connectivity index (χ1n) is 14.1. The van der Waals surface area contributed by atoms with Gasteiger partial charge in [-0.15, -0.1) is 0 Å². The topological polar surface area (TPSA) is 74.6 Å². The highest BCUT2D eigenvalue weighted by atomic mass is 19.1. The van der Waals surface area contributed by atoms with Gasteiger partial charge in [-0.3, -0.25) is 9.88 Å². The number of phenols is 1. The summed E-state index contributed by atoms with van der Waals surface area (Å²) in [5, 5.41) is 12.6. The fraction of sp³-hybridized carbons (Fsp3) is 0.452. The van der Waals surface area contributed by atoms with Crippen LogP contribution in [0.1, 0.15) is 39.0 Å². The van der Waals surface area contributed by atoms with E-state index in [0.29, 0.717) is 28.6 Å². The molecular formula is C31H34FN5O2. The number of aromatic hydroxyl groups is 1. The molecule has 2 aromatic heterocycles. The first kappa shape index (κ1) is 24.5. The average Bonchev–Trinajstić information content (AvgIpc) is 3.52. The molecule has 3 aliphatic rings. The number of ether oxygens (including phenoxy) is 1. The van der Waals surface area contributed by atoms with Gasteiger partial charge in [-0.1, -0.05) is 24.3 Å². The number of nitrogens with zero attached hydrogens (tertiary/aromatic N) is 5. The third-order valence-electron chi connectivity index (χ3n) is 9.06. The molecule has 1 N–H and O–H groups in total. The second-order valence-electron chi connectivity index (χ2n) is 11.7. The SMILES string of the molecule is CC(Oc1nc(N2CC3CCC(C3)C2)c2cnc(-c3cc(O)cc4ccccc34)c(F)c2n1)C1CCCN1C. The van der Waals surface area contributed by atoms with Gasteiger partial charge in [0.15, 0.2) is 5.82 Å². The van der Waals surface area contributed by atoms with Crippen LogP contribution >= 0.6 is 0 Å². The molecule has 4 unspecified atom stereocenters. The maximum atomic E-state index is 16.5. The first-order chi connectivity index (χ1) is 18.9. The van der Waals surface area contributed by atoms with Crippen molar-refractivity contribution < 1.29 is 14.2 Å². The zero-order valence-electron chi connectivity index (χ0n) is 22.5. The molecule has 8 heteroatoms. The van der Waals surface area contributed by atoms with Gasteiger partial charge in [0, 0.05) is 30.9 Å². The Labute approximate surface area is 227 Å². The Hall–Kier alpha value is -3.52. The molecule has 3 fully saturated rings. The molecule has 1 saturated carbocycles. The summed E-state index contributed by atoms with van der Waals surface area (Å²) in [5.41, 5.74) is 0.898. The molecule has 7 rings (SSSR count). The number of phenolic OH excluding ortho intramolecular Hbond substituents is 1. The maximum absolute atomic E-state index is 16.5. The first-order valence-corrected chi connectivity index (χ1v) is 14.1. The fourth-order valence-corrected chi connectivity index (χ4v) is 7.15. The van der Waals surface area contributed by atoms with E-state index in [-0.39, 0.29) is 35.1 Å². The molecule has 4 aromatic rings. The second-order valence-corrected chi connectivity index (χ2v) is 11.7. The number of likely N-dealkylation sites (N-methyl/N-ethyl adjacent to an activating group) is 1. The van der Waals surface area contributed by atoms with Crippen molar-refractivity contribution in [2.24, 2.45) is 11.8 Å². The van der Waals surface area contributed by atoms with Crippen molar-refractivity contribution in [1.82, 2.24) is 19.9 Å². The van der Waals surface area contributed by atoms with Crippen LogP contribution in [0.4, 0.5) is 10.2 Å². The Balaban J connectivity index is 1.37. The molecule has 202 valence electrons. The summed E-state index contributed by atoms with van der Waals surface area (Å²) in [6.45, 7) is 4.90. The number of rotatable bonds is 5. The van der Waals surface area contributed by atoms with E-state index >= 15 is 4.39 Å². The van der Waals surface area contributed by atoms with E-state index in [1.165, 1.54) is 19.3 Å². The van der Waals surface area contributed by atoms with Crippen LogP contribution in [0.25, 0.3) is 32.9 Å². The summed E-state index contributed by atoms with van der Waals surface area (Å²) in [5.74, 6) is 1.52. The van der Waals surface area contributed by atoms with Crippen molar-refractivity contribution >= 4 is 27.5 Å². The van der Waals surface area contributed by atoms with E-state index in [2.05, 4.69) is 26.8 Å². The van der Waals surface area contributed by atoms with E-state index < -0.39 is 5.82 Å². The minimum Gasteiger partial charge on any atom is -0.508 e. The smallest absolute Gasteiger partial charge is 0.319 e. The Bertz CT molecular complexity index is 1550. The number of piperidine rings is 1. The van der Waals surface area contributed by atoms with Gasteiger partial charge in [-0.05, 0) is 87.4 Å². The van der Waals surface area contributed by atoms with Crippen LogP contribution in [0, 0.1) is 17.7 Å². The highest BCUT2D eigenvalue weighted by Gasteiger charge is 2.35. The molecule has 2 bridgehead atoms. The van der Waals surface area contributed by atoms with Gasteiger partial charge in [0.05, 0.1) is 5.39 Å². The summed E-state index contributed by atoms with van der Waals surface area (Å²) in [4.78, 5) is 18.7.